The Morgan fingerprint density at radius 2 is 1.50 bits per heavy atom. The molecule has 0 aliphatic carbocycles. The Balaban J connectivity index is 1.58. The highest BCUT2D eigenvalue weighted by Gasteiger charge is 2.15. The maximum atomic E-state index is 5.35. The SMILES string of the molecule is COc1cc(Nc2nc3c(-c4ccccc4-c4ccccc4)nccn3n2)cc(OC)c1. The first-order valence-corrected chi connectivity index (χ1v) is 10.1. The second-order valence-electron chi connectivity index (χ2n) is 7.12. The third kappa shape index (κ3) is 3.72. The lowest BCUT2D eigenvalue weighted by molar-refractivity contribution is 0.395. The number of anilines is 2. The first-order chi connectivity index (χ1) is 15.7. The molecule has 5 rings (SSSR count). The van der Waals surface area contributed by atoms with Gasteiger partial charge in [-0.2, -0.15) is 4.98 Å². The standard InChI is InChI=1S/C25H21N5O2/c1-31-19-14-18(15-20(16-19)32-2)27-25-28-24-23(26-12-13-30(24)29-25)22-11-7-6-10-21(22)17-8-4-3-5-9-17/h3-16H,1-2H3,(H,27,29). The van der Waals surface area contributed by atoms with Crippen LogP contribution in [0.2, 0.25) is 0 Å². The van der Waals surface area contributed by atoms with Gasteiger partial charge in [0.05, 0.1) is 14.2 Å². The van der Waals surface area contributed by atoms with E-state index in [1.165, 1.54) is 0 Å². The molecular weight excluding hydrogens is 402 g/mol. The van der Waals surface area contributed by atoms with E-state index in [-0.39, 0.29) is 0 Å². The van der Waals surface area contributed by atoms with E-state index in [9.17, 15) is 0 Å². The summed E-state index contributed by atoms with van der Waals surface area (Å²) in [6.45, 7) is 0. The van der Waals surface area contributed by atoms with Crippen LogP contribution in [0.4, 0.5) is 11.6 Å². The van der Waals surface area contributed by atoms with Gasteiger partial charge in [-0.05, 0) is 11.1 Å². The molecule has 0 saturated carbocycles. The molecule has 3 aromatic carbocycles. The summed E-state index contributed by atoms with van der Waals surface area (Å²) in [4.78, 5) is 9.37. The highest BCUT2D eigenvalue weighted by Crippen LogP contribution is 2.33. The van der Waals surface area contributed by atoms with E-state index in [1.54, 1.807) is 31.1 Å². The number of nitrogens with one attached hydrogen (secondary N) is 1. The average molecular weight is 423 g/mol. The van der Waals surface area contributed by atoms with Crippen molar-refractivity contribution >= 4 is 17.3 Å². The van der Waals surface area contributed by atoms with Crippen LogP contribution in [-0.2, 0) is 0 Å². The van der Waals surface area contributed by atoms with Crippen molar-refractivity contribution in [2.24, 2.45) is 0 Å². The third-order valence-electron chi connectivity index (χ3n) is 5.13. The molecule has 0 aliphatic rings. The van der Waals surface area contributed by atoms with Gasteiger partial charge in [-0.15, -0.1) is 5.10 Å². The van der Waals surface area contributed by atoms with E-state index >= 15 is 0 Å². The molecule has 2 aromatic heterocycles. The molecule has 0 atom stereocenters. The zero-order valence-corrected chi connectivity index (χ0v) is 17.7. The van der Waals surface area contributed by atoms with Crippen LogP contribution in [0.5, 0.6) is 11.5 Å². The zero-order chi connectivity index (χ0) is 21.9. The highest BCUT2D eigenvalue weighted by atomic mass is 16.5. The fourth-order valence-corrected chi connectivity index (χ4v) is 3.63. The van der Waals surface area contributed by atoms with Gasteiger partial charge in [0.1, 0.15) is 17.2 Å². The van der Waals surface area contributed by atoms with Gasteiger partial charge < -0.3 is 14.8 Å². The molecule has 0 amide bonds. The van der Waals surface area contributed by atoms with Crippen molar-refractivity contribution in [2.45, 2.75) is 0 Å². The van der Waals surface area contributed by atoms with Crippen LogP contribution >= 0.6 is 0 Å². The second-order valence-corrected chi connectivity index (χ2v) is 7.12. The number of rotatable bonds is 6. The fourth-order valence-electron chi connectivity index (χ4n) is 3.63. The molecule has 32 heavy (non-hydrogen) atoms. The maximum Gasteiger partial charge on any atom is 0.247 e. The Kier molecular flexibility index (Phi) is 5.13. The minimum Gasteiger partial charge on any atom is -0.497 e. The molecule has 0 fully saturated rings. The molecule has 2 heterocycles. The molecule has 0 unspecified atom stereocenters. The molecule has 0 bridgehead atoms. The summed E-state index contributed by atoms with van der Waals surface area (Å²) < 4.78 is 12.4. The molecular formula is C25H21N5O2. The minimum atomic E-state index is 0.451. The smallest absolute Gasteiger partial charge is 0.247 e. The van der Waals surface area contributed by atoms with E-state index in [2.05, 4.69) is 39.7 Å². The third-order valence-corrected chi connectivity index (χ3v) is 5.13. The minimum absolute atomic E-state index is 0.451. The Morgan fingerprint density at radius 1 is 0.812 bits per heavy atom. The van der Waals surface area contributed by atoms with E-state index in [1.807, 2.05) is 48.5 Å². The summed E-state index contributed by atoms with van der Waals surface area (Å²) in [5.74, 6) is 1.80. The van der Waals surface area contributed by atoms with E-state index in [0.717, 1.165) is 28.1 Å². The number of benzene rings is 3. The molecule has 5 aromatic rings. The van der Waals surface area contributed by atoms with Gasteiger partial charge >= 0.3 is 0 Å². The summed E-state index contributed by atoms with van der Waals surface area (Å²) in [5, 5.41) is 7.82. The van der Waals surface area contributed by atoms with E-state index in [4.69, 9.17) is 14.5 Å². The van der Waals surface area contributed by atoms with Crippen LogP contribution in [0, 0.1) is 0 Å². The van der Waals surface area contributed by atoms with Crippen molar-refractivity contribution in [2.75, 3.05) is 19.5 Å². The molecule has 1 N–H and O–H groups in total. The van der Waals surface area contributed by atoms with Gasteiger partial charge in [0.25, 0.3) is 0 Å². The van der Waals surface area contributed by atoms with Gasteiger partial charge in [0, 0.05) is 41.8 Å². The van der Waals surface area contributed by atoms with Crippen molar-refractivity contribution in [1.82, 2.24) is 19.6 Å². The van der Waals surface area contributed by atoms with Crippen LogP contribution in [-0.4, -0.2) is 33.8 Å². The van der Waals surface area contributed by atoms with E-state index in [0.29, 0.717) is 23.1 Å². The molecule has 0 radical (unpaired) electrons. The van der Waals surface area contributed by atoms with Crippen molar-refractivity contribution in [3.8, 4) is 33.9 Å². The predicted molar refractivity (Wildman–Crippen MR) is 124 cm³/mol. The van der Waals surface area contributed by atoms with Crippen LogP contribution in [0.3, 0.4) is 0 Å². The first-order valence-electron chi connectivity index (χ1n) is 10.1. The lowest BCUT2D eigenvalue weighted by Gasteiger charge is -2.09. The summed E-state index contributed by atoms with van der Waals surface area (Å²) >= 11 is 0. The van der Waals surface area contributed by atoms with Gasteiger partial charge in [-0.1, -0.05) is 54.6 Å². The highest BCUT2D eigenvalue weighted by molar-refractivity contribution is 5.87. The van der Waals surface area contributed by atoms with Crippen molar-refractivity contribution in [1.29, 1.82) is 0 Å². The molecule has 0 spiro atoms. The lowest BCUT2D eigenvalue weighted by Crippen LogP contribution is -1.95. The molecule has 7 nitrogen and oxygen atoms in total. The van der Waals surface area contributed by atoms with Gasteiger partial charge in [0.15, 0.2) is 5.65 Å². The summed E-state index contributed by atoms with van der Waals surface area (Å²) in [6, 6.07) is 24.0. The molecule has 7 heteroatoms. The second kappa shape index (κ2) is 8.39. The first kappa shape index (κ1) is 19.6. The summed E-state index contributed by atoms with van der Waals surface area (Å²) in [7, 11) is 3.23. The Morgan fingerprint density at radius 3 is 2.22 bits per heavy atom. The molecule has 0 aliphatic heterocycles. The topological polar surface area (TPSA) is 73.6 Å². The van der Waals surface area contributed by atoms with Crippen LogP contribution in [0.25, 0.3) is 28.0 Å². The van der Waals surface area contributed by atoms with Crippen LogP contribution in [0.1, 0.15) is 0 Å². The molecule has 0 saturated heterocycles. The zero-order valence-electron chi connectivity index (χ0n) is 17.7. The predicted octanol–water partition coefficient (Wildman–Crippen LogP) is 5.22. The number of methoxy groups -OCH3 is 2. The number of hydrogen-bond donors (Lipinski definition) is 1. The van der Waals surface area contributed by atoms with Gasteiger partial charge in [-0.25, -0.2) is 4.52 Å². The number of hydrogen-bond acceptors (Lipinski definition) is 6. The Hall–Kier alpha value is -4.39. The normalized spacial score (nSPS) is 10.8. The number of nitrogens with zero attached hydrogens (tertiary/aromatic N) is 4. The quantitative estimate of drug-likeness (QED) is 0.404. The Bertz CT molecular complexity index is 1360. The lowest BCUT2D eigenvalue weighted by atomic mass is 9.98. The Labute approximate surface area is 185 Å². The number of fused-ring (bicyclic) bond motifs is 1. The van der Waals surface area contributed by atoms with Gasteiger partial charge in [0.2, 0.25) is 5.95 Å². The fraction of sp³-hybridized carbons (Fsp3) is 0.0800. The number of aromatic nitrogens is 4. The van der Waals surface area contributed by atoms with Crippen LogP contribution in [0.15, 0.2) is 85.2 Å². The maximum absolute atomic E-state index is 5.35. The largest absolute Gasteiger partial charge is 0.497 e. The van der Waals surface area contributed by atoms with Crippen molar-refractivity contribution in [3.63, 3.8) is 0 Å². The average Bonchev–Trinajstić information content (AvgIpc) is 3.26. The number of ether oxygens (including phenoxy) is 2. The molecule has 158 valence electrons. The summed E-state index contributed by atoms with van der Waals surface area (Å²) in [5.41, 5.74) is 5.38. The monoisotopic (exact) mass is 423 g/mol. The van der Waals surface area contributed by atoms with E-state index < -0.39 is 0 Å². The van der Waals surface area contributed by atoms with Crippen LogP contribution < -0.4 is 14.8 Å². The van der Waals surface area contributed by atoms with Crippen molar-refractivity contribution < 1.29 is 9.47 Å². The summed E-state index contributed by atoms with van der Waals surface area (Å²) in [6.07, 6.45) is 3.52. The van der Waals surface area contributed by atoms with Crippen molar-refractivity contribution in [3.05, 3.63) is 85.2 Å². The van der Waals surface area contributed by atoms with Gasteiger partial charge in [-0.3, -0.25) is 4.98 Å².